The molecule has 0 aliphatic rings. The summed E-state index contributed by atoms with van der Waals surface area (Å²) in [5.74, 6) is 1.35. The molecular formula is C15H14O3. The Hall–Kier alpha value is -2.29. The third-order valence-electron chi connectivity index (χ3n) is 2.66. The van der Waals surface area contributed by atoms with Crippen LogP contribution in [0.4, 0.5) is 0 Å². The van der Waals surface area contributed by atoms with Crippen LogP contribution < -0.4 is 0 Å². The second kappa shape index (κ2) is 4.92. The average Bonchev–Trinajstić information content (AvgIpc) is 2.67. The Morgan fingerprint density at radius 3 is 2.61 bits per heavy atom. The summed E-state index contributed by atoms with van der Waals surface area (Å²) in [6.45, 7) is 3.56. The highest BCUT2D eigenvalue weighted by Gasteiger charge is 2.10. The molecule has 3 heteroatoms. The Bertz CT molecular complexity index is 606. The van der Waals surface area contributed by atoms with Crippen LogP contribution in [0.3, 0.4) is 0 Å². The first-order valence-electron chi connectivity index (χ1n) is 5.65. The molecular weight excluding hydrogens is 228 g/mol. The van der Waals surface area contributed by atoms with Crippen LogP contribution in [-0.4, -0.2) is 10.9 Å². The van der Waals surface area contributed by atoms with Crippen LogP contribution in [0.5, 0.6) is 5.75 Å². The molecule has 3 nitrogen and oxygen atoms in total. The van der Waals surface area contributed by atoms with Crippen molar-refractivity contribution in [3.8, 4) is 5.75 Å². The van der Waals surface area contributed by atoms with Gasteiger partial charge in [0.1, 0.15) is 17.3 Å². The number of hydrogen-bond acceptors (Lipinski definition) is 3. The van der Waals surface area contributed by atoms with E-state index in [0.29, 0.717) is 22.6 Å². The summed E-state index contributed by atoms with van der Waals surface area (Å²) in [6, 6.07) is 8.58. The van der Waals surface area contributed by atoms with Crippen molar-refractivity contribution < 1.29 is 14.3 Å². The van der Waals surface area contributed by atoms with Gasteiger partial charge in [-0.3, -0.25) is 4.79 Å². The predicted molar refractivity (Wildman–Crippen MR) is 69.7 cm³/mol. The van der Waals surface area contributed by atoms with Gasteiger partial charge in [0.2, 0.25) is 0 Å². The van der Waals surface area contributed by atoms with Gasteiger partial charge in [0.25, 0.3) is 0 Å². The summed E-state index contributed by atoms with van der Waals surface area (Å²) in [7, 11) is 0. The third-order valence-corrected chi connectivity index (χ3v) is 2.66. The quantitative estimate of drug-likeness (QED) is 0.662. The van der Waals surface area contributed by atoms with Crippen LogP contribution in [0.2, 0.25) is 0 Å². The first-order chi connectivity index (χ1) is 8.58. The lowest BCUT2D eigenvalue weighted by Crippen LogP contribution is -1.93. The maximum Gasteiger partial charge on any atom is 0.189 e. The molecule has 2 aromatic rings. The van der Waals surface area contributed by atoms with Crippen molar-refractivity contribution in [1.29, 1.82) is 0 Å². The van der Waals surface area contributed by atoms with Crippen molar-refractivity contribution in [2.45, 2.75) is 13.8 Å². The van der Waals surface area contributed by atoms with Crippen molar-refractivity contribution in [1.82, 2.24) is 0 Å². The van der Waals surface area contributed by atoms with Gasteiger partial charge in [0.05, 0.1) is 5.56 Å². The molecule has 1 aromatic carbocycles. The van der Waals surface area contributed by atoms with E-state index in [9.17, 15) is 9.90 Å². The molecule has 0 fully saturated rings. The number of furan rings is 1. The van der Waals surface area contributed by atoms with Crippen LogP contribution >= 0.6 is 0 Å². The number of phenols is 1. The highest BCUT2D eigenvalue weighted by molar-refractivity contribution is 6.07. The monoisotopic (exact) mass is 242 g/mol. The normalized spacial score (nSPS) is 11.0. The molecule has 2 rings (SSSR count). The van der Waals surface area contributed by atoms with Gasteiger partial charge in [-0.25, -0.2) is 0 Å². The van der Waals surface area contributed by atoms with Gasteiger partial charge in [0.15, 0.2) is 5.78 Å². The molecule has 1 heterocycles. The van der Waals surface area contributed by atoms with Gasteiger partial charge in [-0.1, -0.05) is 18.2 Å². The molecule has 0 radical (unpaired) electrons. The van der Waals surface area contributed by atoms with Crippen molar-refractivity contribution in [2.75, 3.05) is 0 Å². The summed E-state index contributed by atoms with van der Waals surface area (Å²) in [4.78, 5) is 11.9. The Kier molecular flexibility index (Phi) is 3.33. The fourth-order valence-corrected chi connectivity index (χ4v) is 1.76. The van der Waals surface area contributed by atoms with E-state index in [1.165, 1.54) is 6.08 Å². The van der Waals surface area contributed by atoms with E-state index < -0.39 is 0 Å². The van der Waals surface area contributed by atoms with E-state index in [1.54, 1.807) is 50.3 Å². The van der Waals surface area contributed by atoms with Crippen molar-refractivity contribution >= 4 is 11.9 Å². The van der Waals surface area contributed by atoms with Crippen molar-refractivity contribution in [2.24, 2.45) is 0 Å². The number of phenolic OH excluding ortho intramolecular Hbond substituents is 1. The summed E-state index contributed by atoms with van der Waals surface area (Å²) < 4.78 is 5.31. The van der Waals surface area contributed by atoms with Crippen LogP contribution in [0.1, 0.15) is 27.4 Å². The number of aromatic hydroxyl groups is 1. The minimum absolute atomic E-state index is 0.132. The third kappa shape index (κ3) is 2.51. The second-order valence-electron chi connectivity index (χ2n) is 4.08. The van der Waals surface area contributed by atoms with Crippen LogP contribution in [-0.2, 0) is 0 Å². The van der Waals surface area contributed by atoms with E-state index in [1.807, 2.05) is 0 Å². The standard InChI is InChI=1S/C15H14O3/c1-10-9-13(11(2)18-10)15(17)8-7-12-5-3-4-6-14(12)16/h3-9,16H,1-2H3/b8-7+. The fourth-order valence-electron chi connectivity index (χ4n) is 1.76. The minimum atomic E-state index is -0.132. The number of rotatable bonds is 3. The molecule has 0 saturated heterocycles. The number of carbonyl (C=O) groups excluding carboxylic acids is 1. The zero-order chi connectivity index (χ0) is 13.1. The number of carbonyl (C=O) groups is 1. The van der Waals surface area contributed by atoms with E-state index in [-0.39, 0.29) is 11.5 Å². The molecule has 0 aliphatic heterocycles. The molecule has 0 saturated carbocycles. The molecule has 1 aromatic heterocycles. The largest absolute Gasteiger partial charge is 0.507 e. The van der Waals surface area contributed by atoms with Gasteiger partial charge < -0.3 is 9.52 Å². The minimum Gasteiger partial charge on any atom is -0.507 e. The Morgan fingerprint density at radius 2 is 2.00 bits per heavy atom. The molecule has 18 heavy (non-hydrogen) atoms. The van der Waals surface area contributed by atoms with Crippen LogP contribution in [0.25, 0.3) is 6.08 Å². The fraction of sp³-hybridized carbons (Fsp3) is 0.133. The van der Waals surface area contributed by atoms with E-state index in [4.69, 9.17) is 4.42 Å². The maximum absolute atomic E-state index is 11.9. The summed E-state index contributed by atoms with van der Waals surface area (Å²) in [6.07, 6.45) is 3.03. The Balaban J connectivity index is 2.22. The molecule has 0 aliphatic carbocycles. The zero-order valence-corrected chi connectivity index (χ0v) is 10.3. The average molecular weight is 242 g/mol. The lowest BCUT2D eigenvalue weighted by molar-refractivity contribution is 0.104. The van der Waals surface area contributed by atoms with Crippen LogP contribution in [0, 0.1) is 13.8 Å². The van der Waals surface area contributed by atoms with Gasteiger partial charge >= 0.3 is 0 Å². The topological polar surface area (TPSA) is 50.4 Å². The smallest absolute Gasteiger partial charge is 0.189 e. The number of aryl methyl sites for hydroxylation is 2. The summed E-state index contributed by atoms with van der Waals surface area (Å²) >= 11 is 0. The van der Waals surface area contributed by atoms with Gasteiger partial charge in [-0.15, -0.1) is 0 Å². The van der Waals surface area contributed by atoms with Crippen molar-refractivity contribution in [3.05, 3.63) is 59.1 Å². The lowest BCUT2D eigenvalue weighted by atomic mass is 10.1. The SMILES string of the molecule is Cc1cc(C(=O)/C=C/c2ccccc2O)c(C)o1. The number of hydrogen-bond donors (Lipinski definition) is 1. The number of benzene rings is 1. The molecule has 1 N–H and O–H groups in total. The van der Waals surface area contributed by atoms with Gasteiger partial charge in [0, 0.05) is 5.56 Å². The number of ketones is 1. The lowest BCUT2D eigenvalue weighted by Gasteiger charge is -1.97. The summed E-state index contributed by atoms with van der Waals surface area (Å²) in [5.41, 5.74) is 1.17. The maximum atomic E-state index is 11.9. The number of para-hydroxylation sites is 1. The van der Waals surface area contributed by atoms with Gasteiger partial charge in [-0.2, -0.15) is 0 Å². The zero-order valence-electron chi connectivity index (χ0n) is 10.3. The van der Waals surface area contributed by atoms with Crippen molar-refractivity contribution in [3.63, 3.8) is 0 Å². The molecule has 0 bridgehead atoms. The van der Waals surface area contributed by atoms with E-state index in [2.05, 4.69) is 0 Å². The van der Waals surface area contributed by atoms with E-state index in [0.717, 1.165) is 0 Å². The molecule has 0 spiro atoms. The highest BCUT2D eigenvalue weighted by Crippen LogP contribution is 2.19. The van der Waals surface area contributed by atoms with Gasteiger partial charge in [-0.05, 0) is 38.1 Å². The first-order valence-corrected chi connectivity index (χ1v) is 5.65. The van der Waals surface area contributed by atoms with Crippen LogP contribution in [0.15, 0.2) is 40.8 Å². The second-order valence-corrected chi connectivity index (χ2v) is 4.08. The predicted octanol–water partition coefficient (Wildman–Crippen LogP) is 3.50. The molecule has 92 valence electrons. The summed E-state index contributed by atoms with van der Waals surface area (Å²) in [5, 5.41) is 9.57. The highest BCUT2D eigenvalue weighted by atomic mass is 16.3. The Labute approximate surface area is 105 Å². The van der Waals surface area contributed by atoms with E-state index >= 15 is 0 Å². The molecule has 0 unspecified atom stereocenters. The molecule has 0 atom stereocenters. The Morgan fingerprint density at radius 1 is 1.28 bits per heavy atom. The molecule has 0 amide bonds. The number of allylic oxidation sites excluding steroid dienone is 1. The first kappa shape index (κ1) is 12.2.